The highest BCUT2D eigenvalue weighted by atomic mass is 32.1. The summed E-state index contributed by atoms with van der Waals surface area (Å²) in [5.74, 6) is 0. The Morgan fingerprint density at radius 1 is 1.21 bits per heavy atom. The summed E-state index contributed by atoms with van der Waals surface area (Å²) >= 11 is 1.46. The standard InChI is InChI=1S/C19H15N3OS/c1-10-7-11(2)17-13(5-6-21-17)16(10)18(23)19-22-14-8-12(9-20)3-4-15(14)24-19/h3-8,18,21,23H,1-2H3. The molecule has 0 radical (unpaired) electrons. The molecule has 2 N–H and O–H groups in total. The van der Waals surface area contributed by atoms with Crippen molar-refractivity contribution in [3.63, 3.8) is 0 Å². The van der Waals surface area contributed by atoms with E-state index >= 15 is 0 Å². The van der Waals surface area contributed by atoms with Gasteiger partial charge >= 0.3 is 0 Å². The van der Waals surface area contributed by atoms with E-state index in [1.807, 2.05) is 25.3 Å². The van der Waals surface area contributed by atoms with E-state index in [0.717, 1.165) is 37.8 Å². The molecule has 2 aromatic heterocycles. The van der Waals surface area contributed by atoms with Crippen molar-refractivity contribution >= 4 is 32.5 Å². The van der Waals surface area contributed by atoms with Gasteiger partial charge in [0.1, 0.15) is 11.1 Å². The topological polar surface area (TPSA) is 72.7 Å². The summed E-state index contributed by atoms with van der Waals surface area (Å²) in [5, 5.41) is 21.7. The van der Waals surface area contributed by atoms with E-state index in [2.05, 4.69) is 29.0 Å². The highest BCUT2D eigenvalue weighted by molar-refractivity contribution is 7.18. The number of hydrogen-bond acceptors (Lipinski definition) is 4. The van der Waals surface area contributed by atoms with E-state index in [9.17, 15) is 5.11 Å². The molecular weight excluding hydrogens is 318 g/mol. The molecule has 4 nitrogen and oxygen atoms in total. The maximum atomic E-state index is 11.0. The SMILES string of the molecule is Cc1cc(C)c2[nH]ccc2c1C(O)c1nc2cc(C#N)ccc2s1. The first kappa shape index (κ1) is 14.9. The zero-order valence-corrected chi connectivity index (χ0v) is 14.1. The second-order valence-electron chi connectivity index (χ2n) is 5.94. The van der Waals surface area contributed by atoms with Gasteiger partial charge in [-0.25, -0.2) is 4.98 Å². The lowest BCUT2D eigenvalue weighted by molar-refractivity contribution is 0.221. The fraction of sp³-hybridized carbons (Fsp3) is 0.158. The van der Waals surface area contributed by atoms with Crippen LogP contribution < -0.4 is 0 Å². The molecule has 4 rings (SSSR count). The lowest BCUT2D eigenvalue weighted by atomic mass is 9.96. The van der Waals surface area contributed by atoms with Crippen LogP contribution in [-0.4, -0.2) is 15.1 Å². The number of H-pyrrole nitrogens is 1. The lowest BCUT2D eigenvalue weighted by Gasteiger charge is -2.14. The molecule has 0 fully saturated rings. The lowest BCUT2D eigenvalue weighted by Crippen LogP contribution is -2.03. The number of fused-ring (bicyclic) bond motifs is 2. The maximum Gasteiger partial charge on any atom is 0.131 e. The summed E-state index contributed by atoms with van der Waals surface area (Å²) in [4.78, 5) is 7.80. The number of aromatic amines is 1. The summed E-state index contributed by atoms with van der Waals surface area (Å²) in [6.07, 6.45) is 1.11. The van der Waals surface area contributed by atoms with E-state index in [1.165, 1.54) is 11.3 Å². The van der Waals surface area contributed by atoms with Crippen molar-refractivity contribution in [1.29, 1.82) is 5.26 Å². The largest absolute Gasteiger partial charge is 0.381 e. The number of nitrogens with one attached hydrogen (secondary N) is 1. The average Bonchev–Trinajstić information content (AvgIpc) is 3.20. The van der Waals surface area contributed by atoms with Crippen LogP contribution in [0.4, 0.5) is 0 Å². The van der Waals surface area contributed by atoms with Gasteiger partial charge in [0, 0.05) is 17.1 Å². The van der Waals surface area contributed by atoms with E-state index in [1.54, 1.807) is 12.1 Å². The Bertz CT molecular complexity index is 1120. The molecule has 1 atom stereocenters. The summed E-state index contributed by atoms with van der Waals surface area (Å²) in [7, 11) is 0. The molecule has 118 valence electrons. The Morgan fingerprint density at radius 2 is 2.04 bits per heavy atom. The molecule has 0 aliphatic heterocycles. The smallest absolute Gasteiger partial charge is 0.131 e. The molecule has 0 saturated carbocycles. The predicted octanol–water partition coefficient (Wildman–Crippen LogP) is 4.35. The summed E-state index contributed by atoms with van der Waals surface area (Å²) < 4.78 is 0.970. The van der Waals surface area contributed by atoms with Gasteiger partial charge in [0.2, 0.25) is 0 Å². The van der Waals surface area contributed by atoms with Crippen LogP contribution >= 0.6 is 11.3 Å². The van der Waals surface area contributed by atoms with Gasteiger partial charge in [0.05, 0.1) is 21.8 Å². The second kappa shape index (κ2) is 5.45. The van der Waals surface area contributed by atoms with Crippen LogP contribution in [0.1, 0.15) is 33.4 Å². The number of nitriles is 1. The van der Waals surface area contributed by atoms with Gasteiger partial charge in [0.15, 0.2) is 0 Å². The highest BCUT2D eigenvalue weighted by Crippen LogP contribution is 2.36. The molecule has 4 aromatic rings. The van der Waals surface area contributed by atoms with Crippen molar-refractivity contribution < 1.29 is 5.11 Å². The number of aromatic nitrogens is 2. The summed E-state index contributed by atoms with van der Waals surface area (Å²) in [6, 6.07) is 11.6. The van der Waals surface area contributed by atoms with Crippen molar-refractivity contribution in [2.45, 2.75) is 20.0 Å². The first-order chi connectivity index (χ1) is 11.6. The molecule has 24 heavy (non-hydrogen) atoms. The zero-order valence-electron chi connectivity index (χ0n) is 13.3. The number of benzene rings is 2. The van der Waals surface area contributed by atoms with E-state index in [-0.39, 0.29) is 0 Å². The summed E-state index contributed by atoms with van der Waals surface area (Å²) in [5.41, 5.74) is 5.46. The van der Waals surface area contributed by atoms with Crippen LogP contribution in [0, 0.1) is 25.2 Å². The van der Waals surface area contributed by atoms with Crippen LogP contribution in [0.5, 0.6) is 0 Å². The number of thiazole rings is 1. The van der Waals surface area contributed by atoms with Crippen LogP contribution in [0.3, 0.4) is 0 Å². The van der Waals surface area contributed by atoms with Gasteiger partial charge in [-0.15, -0.1) is 11.3 Å². The normalized spacial score (nSPS) is 12.6. The number of rotatable bonds is 2. The van der Waals surface area contributed by atoms with Gasteiger partial charge in [-0.1, -0.05) is 6.07 Å². The molecule has 0 aliphatic rings. The number of nitrogens with zero attached hydrogens (tertiary/aromatic N) is 2. The van der Waals surface area contributed by atoms with Gasteiger partial charge < -0.3 is 10.1 Å². The van der Waals surface area contributed by atoms with Gasteiger partial charge in [-0.3, -0.25) is 0 Å². The highest BCUT2D eigenvalue weighted by Gasteiger charge is 2.21. The minimum absolute atomic E-state index is 0.577. The molecule has 5 heteroatoms. The quantitative estimate of drug-likeness (QED) is 0.573. The van der Waals surface area contributed by atoms with Crippen LogP contribution in [-0.2, 0) is 0 Å². The fourth-order valence-corrected chi connectivity index (χ4v) is 4.17. The molecule has 0 aliphatic carbocycles. The van der Waals surface area contributed by atoms with Crippen LogP contribution in [0.25, 0.3) is 21.1 Å². The molecule has 0 spiro atoms. The van der Waals surface area contributed by atoms with Crippen molar-refractivity contribution in [3.05, 3.63) is 63.8 Å². The molecule has 0 bridgehead atoms. The van der Waals surface area contributed by atoms with Crippen molar-refractivity contribution in [2.75, 3.05) is 0 Å². The molecular formula is C19H15N3OS. The van der Waals surface area contributed by atoms with Crippen molar-refractivity contribution in [2.24, 2.45) is 0 Å². The van der Waals surface area contributed by atoms with E-state index in [4.69, 9.17) is 5.26 Å². The Hall–Kier alpha value is -2.68. The monoisotopic (exact) mass is 333 g/mol. The van der Waals surface area contributed by atoms with E-state index < -0.39 is 6.10 Å². The van der Waals surface area contributed by atoms with Crippen molar-refractivity contribution in [3.8, 4) is 6.07 Å². The third-order valence-electron chi connectivity index (χ3n) is 4.33. The van der Waals surface area contributed by atoms with Crippen LogP contribution in [0.2, 0.25) is 0 Å². The molecule has 2 heterocycles. The Kier molecular flexibility index (Phi) is 3.38. The molecule has 0 saturated heterocycles. The first-order valence-corrected chi connectivity index (χ1v) is 8.46. The van der Waals surface area contributed by atoms with Gasteiger partial charge in [-0.05, 0) is 54.8 Å². The average molecular weight is 333 g/mol. The third-order valence-corrected chi connectivity index (χ3v) is 5.42. The third kappa shape index (κ3) is 2.20. The summed E-state index contributed by atoms with van der Waals surface area (Å²) in [6.45, 7) is 4.07. The molecule has 0 amide bonds. The number of aliphatic hydroxyl groups excluding tert-OH is 1. The minimum Gasteiger partial charge on any atom is -0.381 e. The minimum atomic E-state index is -0.785. The van der Waals surface area contributed by atoms with Crippen LogP contribution in [0.15, 0.2) is 36.5 Å². The van der Waals surface area contributed by atoms with Gasteiger partial charge in [0.25, 0.3) is 0 Å². The fourth-order valence-electron chi connectivity index (χ4n) is 3.23. The second-order valence-corrected chi connectivity index (χ2v) is 7.00. The van der Waals surface area contributed by atoms with Gasteiger partial charge in [-0.2, -0.15) is 5.26 Å². The number of aliphatic hydroxyl groups is 1. The molecule has 2 aromatic carbocycles. The Labute approximate surface area is 143 Å². The van der Waals surface area contributed by atoms with Crippen molar-refractivity contribution in [1.82, 2.24) is 9.97 Å². The number of aryl methyl sites for hydroxylation is 2. The predicted molar refractivity (Wildman–Crippen MR) is 96.2 cm³/mol. The molecule has 1 unspecified atom stereocenters. The zero-order chi connectivity index (χ0) is 16.8. The maximum absolute atomic E-state index is 11.0. The van der Waals surface area contributed by atoms with E-state index in [0.29, 0.717) is 10.6 Å². The Morgan fingerprint density at radius 3 is 2.83 bits per heavy atom. The first-order valence-electron chi connectivity index (χ1n) is 7.64. The Balaban J connectivity index is 1.89. The number of hydrogen-bond donors (Lipinski definition) is 2.